The fourth-order valence-electron chi connectivity index (χ4n) is 9.13. The Morgan fingerprint density at radius 3 is 2.43 bits per heavy atom. The predicted molar refractivity (Wildman–Crippen MR) is 175 cm³/mol. The van der Waals surface area contributed by atoms with E-state index in [1.54, 1.807) is 26.0 Å². The molecule has 0 unspecified atom stereocenters. The number of carbonyl (C=O) groups is 3. The van der Waals surface area contributed by atoms with Crippen molar-refractivity contribution in [3.05, 3.63) is 47.5 Å². The normalized spacial score (nSPS) is 33.8. The van der Waals surface area contributed by atoms with Gasteiger partial charge in [-0.3, -0.25) is 9.59 Å². The second-order valence-electron chi connectivity index (χ2n) is 14.7. The van der Waals surface area contributed by atoms with Gasteiger partial charge in [-0.2, -0.15) is 0 Å². The lowest BCUT2D eigenvalue weighted by Gasteiger charge is -2.58. The lowest BCUT2D eigenvalue weighted by atomic mass is 9.46. The molecule has 8 atom stereocenters. The van der Waals surface area contributed by atoms with E-state index in [1.807, 2.05) is 18.2 Å². The zero-order chi connectivity index (χ0) is 33.3. The number of carboxylic acids is 1. The molecule has 3 saturated carbocycles. The second-order valence-corrected chi connectivity index (χ2v) is 14.7. The standard InChI is InChI=1S/C37H49N3O6/c1-6-37(45)19-16-29-27-13-12-25-21-26(14-17-35(25,4)28(27)15-18-36(29,37)5)40-46-22-31(41)39-32(23(2)3)33(42)38-30(34(43)44)20-24-10-8-7-9-11-24/h1,7-11,21,23,27-30,32,45H,12-20,22H2,2-5H3,(H,38,42)(H,39,41)(H,43,44)/b40-26+/t27-,28+,29+,30-,32-,35+,36+,37-/m1/s1. The molecule has 4 N–H and O–H groups in total. The Bertz CT molecular complexity index is 1430. The van der Waals surface area contributed by atoms with Crippen molar-refractivity contribution in [1.82, 2.24) is 10.6 Å². The van der Waals surface area contributed by atoms with Crippen LogP contribution < -0.4 is 10.6 Å². The largest absolute Gasteiger partial charge is 0.480 e. The summed E-state index contributed by atoms with van der Waals surface area (Å²) in [4.78, 5) is 43.2. The zero-order valence-corrected chi connectivity index (χ0v) is 27.6. The summed E-state index contributed by atoms with van der Waals surface area (Å²) in [5.41, 5.74) is 1.84. The number of aliphatic carboxylic acids is 1. The molecule has 1 aromatic carbocycles. The average molecular weight is 632 g/mol. The summed E-state index contributed by atoms with van der Waals surface area (Å²) in [5, 5.41) is 30.5. The van der Waals surface area contributed by atoms with Crippen LogP contribution in [0.3, 0.4) is 0 Å². The number of hydrogen-bond acceptors (Lipinski definition) is 6. The third-order valence-corrected chi connectivity index (χ3v) is 11.9. The molecule has 0 radical (unpaired) electrons. The SMILES string of the molecule is C#C[C@@]1(O)CC[C@H]2[C@@H]3CCC4=C/C(=N/OCC(=O)N[C@@H](C(=O)N[C@H](Cc5ccccc5)C(=O)O)C(C)C)CC[C@]4(C)[C@H]3CC[C@@]21C. The Morgan fingerprint density at radius 1 is 1.04 bits per heavy atom. The van der Waals surface area contributed by atoms with Crippen molar-refractivity contribution < 1.29 is 29.4 Å². The van der Waals surface area contributed by atoms with Crippen molar-refractivity contribution >= 4 is 23.5 Å². The number of benzene rings is 1. The molecular formula is C37H49N3O6. The van der Waals surface area contributed by atoms with Crippen LogP contribution in [0, 0.1) is 46.8 Å². The summed E-state index contributed by atoms with van der Waals surface area (Å²) < 4.78 is 0. The molecule has 0 bridgehead atoms. The number of fused-ring (bicyclic) bond motifs is 5. The fourth-order valence-corrected chi connectivity index (χ4v) is 9.13. The first-order valence-electron chi connectivity index (χ1n) is 16.8. The highest BCUT2D eigenvalue weighted by atomic mass is 16.6. The Labute approximate surface area is 272 Å². The first kappa shape index (κ1) is 33.7. The summed E-state index contributed by atoms with van der Waals surface area (Å²) in [6.45, 7) is 7.82. The van der Waals surface area contributed by atoms with Gasteiger partial charge in [0.05, 0.1) is 5.71 Å². The van der Waals surface area contributed by atoms with Gasteiger partial charge < -0.3 is 25.7 Å². The summed E-state index contributed by atoms with van der Waals surface area (Å²) in [6, 6.07) is 7.02. The first-order chi connectivity index (χ1) is 21.8. The monoisotopic (exact) mass is 631 g/mol. The van der Waals surface area contributed by atoms with Crippen LogP contribution in [0.4, 0.5) is 0 Å². The minimum Gasteiger partial charge on any atom is -0.480 e. The Balaban J connectivity index is 1.16. The average Bonchev–Trinajstić information content (AvgIpc) is 3.30. The van der Waals surface area contributed by atoms with E-state index >= 15 is 0 Å². The van der Waals surface area contributed by atoms with Gasteiger partial charge in [0.1, 0.15) is 17.7 Å². The number of nitrogens with one attached hydrogen (secondary N) is 2. The minimum atomic E-state index is -1.15. The van der Waals surface area contributed by atoms with E-state index in [-0.39, 0.29) is 29.8 Å². The van der Waals surface area contributed by atoms with Crippen LogP contribution in [0.2, 0.25) is 0 Å². The molecule has 9 nitrogen and oxygen atoms in total. The highest BCUT2D eigenvalue weighted by molar-refractivity contribution is 5.96. The van der Waals surface area contributed by atoms with Crippen molar-refractivity contribution in [2.24, 2.45) is 39.7 Å². The smallest absolute Gasteiger partial charge is 0.326 e. The Hall–Kier alpha value is -3.64. The number of rotatable bonds is 10. The van der Waals surface area contributed by atoms with Gasteiger partial charge in [-0.05, 0) is 92.1 Å². The van der Waals surface area contributed by atoms with E-state index in [2.05, 4.69) is 41.6 Å². The molecule has 4 aliphatic carbocycles. The molecule has 0 heterocycles. The predicted octanol–water partition coefficient (Wildman–Crippen LogP) is 4.64. The molecule has 0 spiro atoms. The number of aliphatic hydroxyl groups is 1. The number of carboxylic acid groups (broad SMARTS) is 1. The van der Waals surface area contributed by atoms with Crippen LogP contribution in [0.15, 0.2) is 47.1 Å². The van der Waals surface area contributed by atoms with Gasteiger partial charge in [-0.15, -0.1) is 6.42 Å². The summed E-state index contributed by atoms with van der Waals surface area (Å²) in [6.07, 6.45) is 15.6. The van der Waals surface area contributed by atoms with Crippen LogP contribution in [0.1, 0.15) is 84.6 Å². The number of terminal acetylenes is 1. The van der Waals surface area contributed by atoms with Crippen LogP contribution in [0.25, 0.3) is 0 Å². The molecule has 0 saturated heterocycles. The lowest BCUT2D eigenvalue weighted by Crippen LogP contribution is -2.54. The van der Waals surface area contributed by atoms with E-state index in [1.165, 1.54) is 5.57 Å². The third-order valence-electron chi connectivity index (χ3n) is 11.9. The number of oxime groups is 1. The van der Waals surface area contributed by atoms with E-state index < -0.39 is 35.5 Å². The number of carbonyl (C=O) groups excluding carboxylic acids is 2. The van der Waals surface area contributed by atoms with Gasteiger partial charge in [0.15, 0.2) is 6.61 Å². The van der Waals surface area contributed by atoms with E-state index in [4.69, 9.17) is 11.3 Å². The maximum absolute atomic E-state index is 13.1. The highest BCUT2D eigenvalue weighted by Crippen LogP contribution is 2.67. The second kappa shape index (κ2) is 13.2. The quantitative estimate of drug-likeness (QED) is 0.219. The molecule has 1 aromatic rings. The van der Waals surface area contributed by atoms with Gasteiger partial charge in [-0.1, -0.05) is 74.7 Å². The molecular weight excluding hydrogens is 582 g/mol. The highest BCUT2D eigenvalue weighted by Gasteiger charge is 2.63. The number of allylic oxidation sites excluding steroid dienone is 2. The molecule has 2 amide bonds. The molecule has 9 heteroatoms. The van der Waals surface area contributed by atoms with Gasteiger partial charge in [0.2, 0.25) is 5.91 Å². The molecule has 4 aliphatic rings. The van der Waals surface area contributed by atoms with Crippen LogP contribution in [-0.4, -0.2) is 58.0 Å². The molecule has 0 aliphatic heterocycles. The van der Waals surface area contributed by atoms with Crippen molar-refractivity contribution in [2.75, 3.05) is 6.61 Å². The summed E-state index contributed by atoms with van der Waals surface area (Å²) in [5.74, 6) is 1.81. The van der Waals surface area contributed by atoms with Gasteiger partial charge in [0.25, 0.3) is 5.91 Å². The van der Waals surface area contributed by atoms with E-state index in [0.717, 1.165) is 56.2 Å². The van der Waals surface area contributed by atoms with Crippen LogP contribution >= 0.6 is 0 Å². The van der Waals surface area contributed by atoms with Crippen molar-refractivity contribution in [1.29, 1.82) is 0 Å². The van der Waals surface area contributed by atoms with Gasteiger partial charge >= 0.3 is 5.97 Å². The van der Waals surface area contributed by atoms with E-state index in [9.17, 15) is 24.6 Å². The molecule has 46 heavy (non-hydrogen) atoms. The minimum absolute atomic E-state index is 0.0731. The van der Waals surface area contributed by atoms with Gasteiger partial charge in [-0.25, -0.2) is 4.79 Å². The summed E-state index contributed by atoms with van der Waals surface area (Å²) in [7, 11) is 0. The van der Waals surface area contributed by atoms with Crippen LogP contribution in [-0.2, 0) is 25.6 Å². The van der Waals surface area contributed by atoms with Crippen molar-refractivity contribution in [3.63, 3.8) is 0 Å². The third kappa shape index (κ3) is 6.33. The molecule has 5 rings (SSSR count). The fraction of sp³-hybridized carbons (Fsp3) is 0.622. The number of amides is 2. The van der Waals surface area contributed by atoms with Crippen molar-refractivity contribution in [2.45, 2.75) is 103 Å². The molecule has 3 fully saturated rings. The van der Waals surface area contributed by atoms with Crippen molar-refractivity contribution in [3.8, 4) is 12.3 Å². The lowest BCUT2D eigenvalue weighted by molar-refractivity contribution is -0.142. The molecule has 248 valence electrons. The Morgan fingerprint density at radius 2 is 1.76 bits per heavy atom. The van der Waals surface area contributed by atoms with E-state index in [0.29, 0.717) is 24.2 Å². The zero-order valence-electron chi connectivity index (χ0n) is 27.6. The molecule has 0 aromatic heterocycles. The number of nitrogens with zero attached hydrogens (tertiary/aromatic N) is 1. The maximum atomic E-state index is 13.1. The maximum Gasteiger partial charge on any atom is 0.326 e. The summed E-state index contributed by atoms with van der Waals surface area (Å²) >= 11 is 0. The number of hydrogen-bond donors (Lipinski definition) is 4. The first-order valence-corrected chi connectivity index (χ1v) is 16.8. The van der Waals surface area contributed by atoms with Gasteiger partial charge in [0, 0.05) is 11.8 Å². The van der Waals surface area contributed by atoms with Crippen LogP contribution in [0.5, 0.6) is 0 Å². The topological polar surface area (TPSA) is 137 Å². The Kier molecular flexibility index (Phi) is 9.70.